The zero-order valence-electron chi connectivity index (χ0n) is 11.3. The lowest BCUT2D eigenvalue weighted by Gasteiger charge is -2.40. The van der Waals surface area contributed by atoms with E-state index in [1.165, 1.54) is 4.90 Å². The zero-order valence-corrected chi connectivity index (χ0v) is 11.3. The van der Waals surface area contributed by atoms with Crippen LogP contribution in [0.15, 0.2) is 30.3 Å². The van der Waals surface area contributed by atoms with Crippen LogP contribution in [0, 0.1) is 0 Å². The lowest BCUT2D eigenvalue weighted by atomic mass is 9.97. The Hall–Kier alpha value is -1.55. The molecule has 0 unspecified atom stereocenters. The number of amides is 1. The van der Waals surface area contributed by atoms with Crippen molar-refractivity contribution in [2.45, 2.75) is 45.4 Å². The zero-order chi connectivity index (χ0) is 13.9. The molecule has 2 N–H and O–H groups in total. The number of hydrogen-bond donors (Lipinski definition) is 2. The highest BCUT2D eigenvalue weighted by Crippen LogP contribution is 2.26. The van der Waals surface area contributed by atoms with Crippen molar-refractivity contribution in [3.8, 4) is 0 Å². The van der Waals surface area contributed by atoms with Crippen LogP contribution in [0.25, 0.3) is 0 Å². The summed E-state index contributed by atoms with van der Waals surface area (Å²) < 4.78 is 0. The molecule has 1 aromatic carbocycles. The number of rotatable bonds is 3. The van der Waals surface area contributed by atoms with Crippen molar-refractivity contribution >= 4 is 6.09 Å². The molecule has 1 aromatic rings. The van der Waals surface area contributed by atoms with E-state index in [2.05, 4.69) is 0 Å². The third-order valence-corrected chi connectivity index (χ3v) is 2.93. The van der Waals surface area contributed by atoms with E-state index in [0.717, 1.165) is 5.56 Å². The maximum absolute atomic E-state index is 11.3. The summed E-state index contributed by atoms with van der Waals surface area (Å²) in [4.78, 5) is 12.6. The van der Waals surface area contributed by atoms with E-state index < -0.39 is 23.8 Å². The lowest BCUT2D eigenvalue weighted by Crippen LogP contribution is -2.52. The van der Waals surface area contributed by atoms with Gasteiger partial charge in [0.25, 0.3) is 0 Å². The molecule has 0 saturated heterocycles. The van der Waals surface area contributed by atoms with Gasteiger partial charge in [0.1, 0.15) is 0 Å². The molecule has 18 heavy (non-hydrogen) atoms. The SMILES string of the molecule is C[C@@H]([C@H](O)c1ccccc1)N(C(=O)O)C(C)(C)C. The first-order chi connectivity index (χ1) is 8.25. The van der Waals surface area contributed by atoms with Crippen molar-refractivity contribution in [3.63, 3.8) is 0 Å². The highest BCUT2D eigenvalue weighted by molar-refractivity contribution is 5.66. The van der Waals surface area contributed by atoms with Gasteiger partial charge < -0.3 is 10.2 Å². The van der Waals surface area contributed by atoms with Crippen molar-refractivity contribution in [1.29, 1.82) is 0 Å². The summed E-state index contributed by atoms with van der Waals surface area (Å²) >= 11 is 0. The highest BCUT2D eigenvalue weighted by Gasteiger charge is 2.34. The molecular formula is C14H21NO3. The second kappa shape index (κ2) is 5.40. The minimum atomic E-state index is -1.02. The summed E-state index contributed by atoms with van der Waals surface area (Å²) in [5.74, 6) is 0. The second-order valence-corrected chi connectivity index (χ2v) is 5.42. The number of aliphatic hydroxyl groups excluding tert-OH is 1. The molecule has 0 aliphatic heterocycles. The van der Waals surface area contributed by atoms with Gasteiger partial charge in [-0.3, -0.25) is 4.90 Å². The van der Waals surface area contributed by atoms with E-state index in [1.807, 2.05) is 39.0 Å². The van der Waals surface area contributed by atoms with Gasteiger partial charge in [-0.05, 0) is 33.3 Å². The summed E-state index contributed by atoms with van der Waals surface area (Å²) in [7, 11) is 0. The summed E-state index contributed by atoms with van der Waals surface area (Å²) in [6, 6.07) is 8.60. The second-order valence-electron chi connectivity index (χ2n) is 5.42. The number of carboxylic acid groups (broad SMARTS) is 1. The summed E-state index contributed by atoms with van der Waals surface area (Å²) in [5.41, 5.74) is 0.168. The molecule has 0 aliphatic carbocycles. The highest BCUT2D eigenvalue weighted by atomic mass is 16.4. The average Bonchev–Trinajstić information content (AvgIpc) is 2.26. The van der Waals surface area contributed by atoms with Gasteiger partial charge in [0.2, 0.25) is 0 Å². The van der Waals surface area contributed by atoms with Crippen LogP contribution in [0.2, 0.25) is 0 Å². The fraction of sp³-hybridized carbons (Fsp3) is 0.500. The van der Waals surface area contributed by atoms with Crippen LogP contribution in [0.3, 0.4) is 0 Å². The third-order valence-electron chi connectivity index (χ3n) is 2.93. The van der Waals surface area contributed by atoms with Gasteiger partial charge in [-0.2, -0.15) is 0 Å². The molecule has 0 radical (unpaired) electrons. The molecule has 4 nitrogen and oxygen atoms in total. The van der Waals surface area contributed by atoms with Crippen molar-refractivity contribution in [2.24, 2.45) is 0 Å². The van der Waals surface area contributed by atoms with Crippen molar-refractivity contribution in [3.05, 3.63) is 35.9 Å². The van der Waals surface area contributed by atoms with Crippen LogP contribution in [0.1, 0.15) is 39.4 Å². The fourth-order valence-corrected chi connectivity index (χ4v) is 2.14. The van der Waals surface area contributed by atoms with Crippen LogP contribution in [-0.2, 0) is 0 Å². The maximum Gasteiger partial charge on any atom is 0.408 e. The number of carbonyl (C=O) groups is 1. The smallest absolute Gasteiger partial charge is 0.408 e. The number of benzene rings is 1. The van der Waals surface area contributed by atoms with Gasteiger partial charge in [-0.1, -0.05) is 30.3 Å². The molecule has 0 fully saturated rings. The topological polar surface area (TPSA) is 60.8 Å². The van der Waals surface area contributed by atoms with Gasteiger partial charge in [0.05, 0.1) is 12.1 Å². The van der Waals surface area contributed by atoms with Crippen LogP contribution in [0.5, 0.6) is 0 Å². The van der Waals surface area contributed by atoms with Crippen LogP contribution < -0.4 is 0 Å². The summed E-state index contributed by atoms with van der Waals surface area (Å²) in [6.07, 6.45) is -1.86. The molecule has 0 bridgehead atoms. The molecule has 1 rings (SSSR count). The Morgan fingerprint density at radius 2 is 1.72 bits per heavy atom. The van der Waals surface area contributed by atoms with E-state index >= 15 is 0 Å². The predicted octanol–water partition coefficient (Wildman–Crippen LogP) is 2.89. The van der Waals surface area contributed by atoms with Gasteiger partial charge in [0, 0.05) is 5.54 Å². The van der Waals surface area contributed by atoms with E-state index in [0.29, 0.717) is 0 Å². The number of aliphatic hydroxyl groups is 1. The predicted molar refractivity (Wildman–Crippen MR) is 70.5 cm³/mol. The third kappa shape index (κ3) is 3.23. The molecule has 2 atom stereocenters. The Kier molecular flexibility index (Phi) is 4.35. The molecule has 100 valence electrons. The monoisotopic (exact) mass is 251 g/mol. The van der Waals surface area contributed by atoms with Crippen molar-refractivity contribution in [2.75, 3.05) is 0 Å². The molecule has 0 saturated carbocycles. The maximum atomic E-state index is 11.3. The minimum Gasteiger partial charge on any atom is -0.465 e. The van der Waals surface area contributed by atoms with Crippen molar-refractivity contribution in [1.82, 2.24) is 4.90 Å². The summed E-state index contributed by atoms with van der Waals surface area (Å²) in [5, 5.41) is 19.6. The Morgan fingerprint density at radius 3 is 2.11 bits per heavy atom. The van der Waals surface area contributed by atoms with Gasteiger partial charge >= 0.3 is 6.09 Å². The Morgan fingerprint density at radius 1 is 1.22 bits per heavy atom. The quantitative estimate of drug-likeness (QED) is 0.868. The Bertz CT molecular complexity index is 397. The van der Waals surface area contributed by atoms with E-state index in [9.17, 15) is 15.0 Å². The van der Waals surface area contributed by atoms with Crippen LogP contribution in [0.4, 0.5) is 4.79 Å². The standard InChI is InChI=1S/C14H21NO3/c1-10(15(13(17)18)14(2,3)4)12(16)11-8-6-5-7-9-11/h5-10,12,16H,1-4H3,(H,17,18)/t10-,12-/m0/s1. The van der Waals surface area contributed by atoms with Gasteiger partial charge in [-0.25, -0.2) is 4.79 Å². The number of hydrogen-bond acceptors (Lipinski definition) is 2. The summed E-state index contributed by atoms with van der Waals surface area (Å²) in [6.45, 7) is 7.16. The lowest BCUT2D eigenvalue weighted by molar-refractivity contribution is 0.0141. The van der Waals surface area contributed by atoms with Crippen molar-refractivity contribution < 1.29 is 15.0 Å². The Balaban J connectivity index is 2.98. The molecule has 4 heteroatoms. The first kappa shape index (κ1) is 14.5. The van der Waals surface area contributed by atoms with Gasteiger partial charge in [0.15, 0.2) is 0 Å². The average molecular weight is 251 g/mol. The van der Waals surface area contributed by atoms with E-state index in [-0.39, 0.29) is 0 Å². The van der Waals surface area contributed by atoms with E-state index in [4.69, 9.17) is 0 Å². The molecule has 1 amide bonds. The largest absolute Gasteiger partial charge is 0.465 e. The minimum absolute atomic E-state index is 0.509. The first-order valence-corrected chi connectivity index (χ1v) is 6.00. The molecule has 0 spiro atoms. The molecular weight excluding hydrogens is 230 g/mol. The fourth-order valence-electron chi connectivity index (χ4n) is 2.14. The van der Waals surface area contributed by atoms with Gasteiger partial charge in [-0.15, -0.1) is 0 Å². The van der Waals surface area contributed by atoms with Crippen LogP contribution in [-0.4, -0.2) is 32.8 Å². The van der Waals surface area contributed by atoms with Crippen LogP contribution >= 0.6 is 0 Å². The molecule has 0 heterocycles. The Labute approximate surface area is 108 Å². The number of nitrogens with zero attached hydrogens (tertiary/aromatic N) is 1. The van der Waals surface area contributed by atoms with E-state index in [1.54, 1.807) is 19.1 Å². The molecule has 0 aromatic heterocycles. The first-order valence-electron chi connectivity index (χ1n) is 6.00. The normalized spacial score (nSPS) is 14.9. The molecule has 0 aliphatic rings.